The molecule has 0 saturated heterocycles. The summed E-state index contributed by atoms with van der Waals surface area (Å²) < 4.78 is 11.0. The highest BCUT2D eigenvalue weighted by Gasteiger charge is 2.39. The number of esters is 1. The lowest BCUT2D eigenvalue weighted by Gasteiger charge is -2.27. The molecule has 2 aromatic carbocycles. The van der Waals surface area contributed by atoms with Crippen molar-refractivity contribution in [1.29, 1.82) is 0 Å². The second kappa shape index (κ2) is 6.15. The molecule has 2 aromatic rings. The van der Waals surface area contributed by atoms with E-state index in [1.807, 2.05) is 24.3 Å². The molecule has 0 saturated carbocycles. The van der Waals surface area contributed by atoms with Crippen molar-refractivity contribution in [2.75, 3.05) is 7.11 Å². The van der Waals surface area contributed by atoms with Gasteiger partial charge in [0.2, 0.25) is 0 Å². The second-order valence-electron chi connectivity index (χ2n) is 9.07. The van der Waals surface area contributed by atoms with Crippen LogP contribution >= 0.6 is 0 Å². The summed E-state index contributed by atoms with van der Waals surface area (Å²) in [6, 6.07) is 12.0. The first-order valence-electron chi connectivity index (χ1n) is 9.07. The molecule has 0 fully saturated rings. The summed E-state index contributed by atoms with van der Waals surface area (Å²) in [5.74, 6) is 0.913. The van der Waals surface area contributed by atoms with E-state index >= 15 is 0 Å². The summed E-state index contributed by atoms with van der Waals surface area (Å²) in [5.41, 5.74) is 4.09. The van der Waals surface area contributed by atoms with Crippen LogP contribution in [-0.2, 0) is 15.6 Å². The number of hydrogen-bond acceptors (Lipinski definition) is 3. The Bertz CT molecular complexity index is 833. The van der Waals surface area contributed by atoms with Gasteiger partial charge in [-0.05, 0) is 34.1 Å². The van der Waals surface area contributed by atoms with Crippen molar-refractivity contribution in [2.24, 2.45) is 0 Å². The topological polar surface area (TPSA) is 35.5 Å². The van der Waals surface area contributed by atoms with Gasteiger partial charge in [0, 0.05) is 11.1 Å². The van der Waals surface area contributed by atoms with E-state index in [1.54, 1.807) is 7.11 Å². The van der Waals surface area contributed by atoms with Crippen LogP contribution in [0.4, 0.5) is 0 Å². The van der Waals surface area contributed by atoms with E-state index in [0.717, 1.165) is 28.2 Å². The van der Waals surface area contributed by atoms with E-state index in [1.165, 1.54) is 5.56 Å². The van der Waals surface area contributed by atoms with Gasteiger partial charge in [-0.2, -0.15) is 0 Å². The number of methoxy groups -OCH3 is 1. The number of carbonyl (C=O) groups excluding carboxylic acids is 1. The molecule has 0 N–H and O–H groups in total. The van der Waals surface area contributed by atoms with Crippen LogP contribution in [0.25, 0.3) is 0 Å². The Kier molecular flexibility index (Phi) is 4.38. The molecule has 1 aliphatic heterocycles. The predicted molar refractivity (Wildman–Crippen MR) is 104 cm³/mol. The van der Waals surface area contributed by atoms with Gasteiger partial charge in [-0.1, -0.05) is 65.8 Å². The van der Waals surface area contributed by atoms with Crippen LogP contribution in [-0.4, -0.2) is 13.1 Å². The third-order valence-electron chi connectivity index (χ3n) is 4.99. The van der Waals surface area contributed by atoms with Gasteiger partial charge in [0.1, 0.15) is 17.4 Å². The number of fused-ring (bicyclic) bond motifs is 1. The fraction of sp³-hybridized carbons (Fsp3) is 0.435. The van der Waals surface area contributed by atoms with E-state index in [2.05, 4.69) is 53.7 Å². The number of ether oxygens (including phenoxy) is 2. The molecule has 0 radical (unpaired) electrons. The smallest absolute Gasteiger partial charge is 0.323 e. The lowest BCUT2D eigenvalue weighted by Crippen LogP contribution is -2.17. The fourth-order valence-electron chi connectivity index (χ4n) is 3.37. The molecule has 0 bridgehead atoms. The molecule has 26 heavy (non-hydrogen) atoms. The maximum absolute atomic E-state index is 12.8. The summed E-state index contributed by atoms with van der Waals surface area (Å²) >= 11 is 0. The van der Waals surface area contributed by atoms with Crippen LogP contribution in [0.3, 0.4) is 0 Å². The van der Waals surface area contributed by atoms with Crippen molar-refractivity contribution in [1.82, 2.24) is 0 Å². The summed E-state index contributed by atoms with van der Waals surface area (Å²) in [6.07, 6.45) is 0. The van der Waals surface area contributed by atoms with Gasteiger partial charge in [0.15, 0.2) is 0 Å². The molecule has 0 aromatic heterocycles. The Balaban J connectivity index is 2.21. The molecule has 0 spiro atoms. The first kappa shape index (κ1) is 18.5. The van der Waals surface area contributed by atoms with Gasteiger partial charge in [-0.3, -0.25) is 4.79 Å². The highest BCUT2D eigenvalue weighted by Crippen LogP contribution is 2.47. The molecule has 3 nitrogen and oxygen atoms in total. The van der Waals surface area contributed by atoms with Crippen LogP contribution < -0.4 is 9.47 Å². The van der Waals surface area contributed by atoms with Crippen molar-refractivity contribution in [3.8, 4) is 11.5 Å². The largest absolute Gasteiger partial charge is 0.497 e. The van der Waals surface area contributed by atoms with Crippen LogP contribution in [0.5, 0.6) is 11.5 Å². The zero-order valence-corrected chi connectivity index (χ0v) is 16.8. The van der Waals surface area contributed by atoms with Crippen LogP contribution in [0.1, 0.15) is 69.7 Å². The van der Waals surface area contributed by atoms with Crippen molar-refractivity contribution >= 4 is 5.97 Å². The van der Waals surface area contributed by atoms with Crippen LogP contribution in [0, 0.1) is 0 Å². The highest BCUT2D eigenvalue weighted by molar-refractivity contribution is 5.90. The van der Waals surface area contributed by atoms with Crippen LogP contribution in [0.15, 0.2) is 36.4 Å². The average Bonchev–Trinajstić information content (AvgIpc) is 2.88. The normalized spacial score (nSPS) is 17.0. The molecule has 1 unspecified atom stereocenters. The standard InChI is InChI=1S/C23H28O3/c1-22(2,3)15-12-17-19(14-8-10-16(25-7)11-9-14)21(24)26-20(17)18(13-15)23(4,5)6/h8-13,19H,1-7H3. The summed E-state index contributed by atoms with van der Waals surface area (Å²) in [4.78, 5) is 12.8. The Labute approximate surface area is 156 Å². The zero-order chi connectivity index (χ0) is 19.3. The van der Waals surface area contributed by atoms with E-state index in [4.69, 9.17) is 9.47 Å². The Morgan fingerprint density at radius 2 is 1.54 bits per heavy atom. The van der Waals surface area contributed by atoms with Gasteiger partial charge in [0.25, 0.3) is 0 Å². The zero-order valence-electron chi connectivity index (χ0n) is 16.8. The monoisotopic (exact) mass is 352 g/mol. The molecule has 3 rings (SSSR count). The number of rotatable bonds is 2. The van der Waals surface area contributed by atoms with E-state index in [-0.39, 0.29) is 22.7 Å². The Morgan fingerprint density at radius 1 is 0.923 bits per heavy atom. The molecule has 0 amide bonds. The fourth-order valence-corrected chi connectivity index (χ4v) is 3.37. The van der Waals surface area contributed by atoms with Crippen molar-refractivity contribution < 1.29 is 14.3 Å². The minimum Gasteiger partial charge on any atom is -0.497 e. The molecular weight excluding hydrogens is 324 g/mol. The Morgan fingerprint density at radius 3 is 2.04 bits per heavy atom. The van der Waals surface area contributed by atoms with Gasteiger partial charge in [0.05, 0.1) is 7.11 Å². The lowest BCUT2D eigenvalue weighted by molar-refractivity contribution is -0.133. The number of carbonyl (C=O) groups is 1. The molecule has 1 aliphatic rings. The lowest BCUT2D eigenvalue weighted by atomic mass is 9.77. The molecular formula is C23H28O3. The van der Waals surface area contributed by atoms with Gasteiger partial charge in [-0.15, -0.1) is 0 Å². The first-order chi connectivity index (χ1) is 12.0. The SMILES string of the molecule is COc1ccc(C2C(=O)Oc3c2cc(C(C)(C)C)cc3C(C)(C)C)cc1. The highest BCUT2D eigenvalue weighted by atomic mass is 16.5. The van der Waals surface area contributed by atoms with Gasteiger partial charge < -0.3 is 9.47 Å². The third-order valence-corrected chi connectivity index (χ3v) is 4.99. The average molecular weight is 352 g/mol. The molecule has 138 valence electrons. The maximum atomic E-state index is 12.8. The molecule has 0 aliphatic carbocycles. The first-order valence-corrected chi connectivity index (χ1v) is 9.07. The van der Waals surface area contributed by atoms with Crippen LogP contribution in [0.2, 0.25) is 0 Å². The predicted octanol–water partition coefficient (Wildman–Crippen LogP) is 5.34. The number of benzene rings is 2. The molecule has 1 heterocycles. The quantitative estimate of drug-likeness (QED) is 0.540. The number of hydrogen-bond donors (Lipinski definition) is 0. The summed E-state index contributed by atoms with van der Waals surface area (Å²) in [5, 5.41) is 0. The Hall–Kier alpha value is -2.29. The van der Waals surface area contributed by atoms with E-state index < -0.39 is 0 Å². The van der Waals surface area contributed by atoms with Crippen molar-refractivity contribution in [3.05, 3.63) is 58.7 Å². The molecule has 1 atom stereocenters. The van der Waals surface area contributed by atoms with Gasteiger partial charge in [-0.25, -0.2) is 0 Å². The summed E-state index contributed by atoms with van der Waals surface area (Å²) in [6.45, 7) is 13.1. The van der Waals surface area contributed by atoms with Gasteiger partial charge >= 0.3 is 5.97 Å². The molecule has 3 heteroatoms. The van der Waals surface area contributed by atoms with E-state index in [9.17, 15) is 4.79 Å². The van der Waals surface area contributed by atoms with Crippen molar-refractivity contribution in [3.63, 3.8) is 0 Å². The second-order valence-corrected chi connectivity index (χ2v) is 9.07. The summed E-state index contributed by atoms with van der Waals surface area (Å²) in [7, 11) is 1.64. The minimum absolute atomic E-state index is 0.00880. The van der Waals surface area contributed by atoms with Crippen molar-refractivity contribution in [2.45, 2.75) is 58.3 Å². The minimum atomic E-state index is -0.390. The third kappa shape index (κ3) is 3.23. The maximum Gasteiger partial charge on any atom is 0.323 e. The van der Waals surface area contributed by atoms with E-state index in [0.29, 0.717) is 0 Å².